The van der Waals surface area contributed by atoms with E-state index in [4.69, 9.17) is 10.5 Å². The van der Waals surface area contributed by atoms with E-state index >= 15 is 0 Å². The zero-order valence-electron chi connectivity index (χ0n) is 8.29. The van der Waals surface area contributed by atoms with Crippen molar-refractivity contribution in [3.8, 4) is 12.1 Å². The normalized spacial score (nSPS) is 10.2. The second-order valence-corrected chi connectivity index (χ2v) is 3.13. The van der Waals surface area contributed by atoms with Gasteiger partial charge in [0.05, 0.1) is 0 Å². The van der Waals surface area contributed by atoms with Crippen molar-refractivity contribution in [3.63, 3.8) is 0 Å². The van der Waals surface area contributed by atoms with Crippen molar-refractivity contribution in [2.45, 2.75) is 0 Å². The van der Waals surface area contributed by atoms with E-state index in [9.17, 15) is 17.3 Å². The van der Waals surface area contributed by atoms with Gasteiger partial charge in [-0.15, -0.1) is 5.46 Å². The Bertz CT molecular complexity index is 533. The van der Waals surface area contributed by atoms with Crippen LogP contribution in [0.25, 0.3) is 6.08 Å². The third-order valence-electron chi connectivity index (χ3n) is 1.94. The first kappa shape index (κ1) is 12.8. The summed E-state index contributed by atoms with van der Waals surface area (Å²) in [6.45, 7) is -5.32. The van der Waals surface area contributed by atoms with Gasteiger partial charge in [-0.05, 0) is 23.8 Å². The van der Waals surface area contributed by atoms with E-state index < -0.39 is 29.4 Å². The number of hydrogen-bond donors (Lipinski definition) is 0. The van der Waals surface area contributed by atoms with Crippen molar-refractivity contribution in [1.29, 1.82) is 10.5 Å². The van der Waals surface area contributed by atoms with Gasteiger partial charge >= 0.3 is 6.98 Å². The first-order chi connectivity index (χ1) is 7.88. The first-order valence-corrected chi connectivity index (χ1v) is 4.39. The molecule has 0 saturated heterocycles. The van der Waals surface area contributed by atoms with Gasteiger partial charge in [0.25, 0.3) is 0 Å². The molecular formula is C10H4BF4N2-. The first-order valence-electron chi connectivity index (χ1n) is 4.39. The van der Waals surface area contributed by atoms with Crippen molar-refractivity contribution in [1.82, 2.24) is 0 Å². The van der Waals surface area contributed by atoms with Gasteiger partial charge in [-0.2, -0.15) is 10.5 Å². The summed E-state index contributed by atoms with van der Waals surface area (Å²) in [4.78, 5) is 0. The van der Waals surface area contributed by atoms with Gasteiger partial charge in [-0.1, -0.05) is 6.07 Å². The molecule has 0 aliphatic rings. The van der Waals surface area contributed by atoms with Crippen LogP contribution in [0, 0.1) is 28.5 Å². The maximum Gasteiger partial charge on any atom is 0.510 e. The fourth-order valence-corrected chi connectivity index (χ4v) is 1.21. The number of hydrogen-bond acceptors (Lipinski definition) is 2. The van der Waals surface area contributed by atoms with Gasteiger partial charge in [0.1, 0.15) is 23.5 Å². The van der Waals surface area contributed by atoms with E-state index in [-0.39, 0.29) is 0 Å². The van der Waals surface area contributed by atoms with Crippen LogP contribution in [0.4, 0.5) is 17.3 Å². The molecule has 0 heterocycles. The fourth-order valence-electron chi connectivity index (χ4n) is 1.21. The second-order valence-electron chi connectivity index (χ2n) is 3.13. The molecule has 2 nitrogen and oxygen atoms in total. The van der Waals surface area contributed by atoms with Crippen LogP contribution < -0.4 is 5.46 Å². The van der Waals surface area contributed by atoms with Crippen LogP contribution in [0.1, 0.15) is 5.56 Å². The maximum atomic E-state index is 12.8. The Morgan fingerprint density at radius 2 is 1.76 bits per heavy atom. The third kappa shape index (κ3) is 3.09. The van der Waals surface area contributed by atoms with Crippen LogP contribution in [0.2, 0.25) is 0 Å². The van der Waals surface area contributed by atoms with Crippen molar-refractivity contribution in [3.05, 3.63) is 35.2 Å². The minimum atomic E-state index is -5.32. The summed E-state index contributed by atoms with van der Waals surface area (Å²) in [5.74, 6) is -0.865. The average Bonchev–Trinajstić information content (AvgIpc) is 2.24. The summed E-state index contributed by atoms with van der Waals surface area (Å²) >= 11 is 0. The SMILES string of the molecule is N#CC(C#N)=Cc1cc(F)ccc1[B-](F)(F)F. The molecule has 0 amide bonds. The summed E-state index contributed by atoms with van der Waals surface area (Å²) in [5, 5.41) is 16.9. The van der Waals surface area contributed by atoms with Gasteiger partial charge in [-0.3, -0.25) is 0 Å². The van der Waals surface area contributed by atoms with Crippen LogP contribution in [-0.2, 0) is 0 Å². The Balaban J connectivity index is 3.43. The minimum absolute atomic E-state index is 0.517. The van der Waals surface area contributed by atoms with E-state index in [0.29, 0.717) is 24.3 Å². The second kappa shape index (κ2) is 4.71. The van der Waals surface area contributed by atoms with Gasteiger partial charge in [0.2, 0.25) is 0 Å². The van der Waals surface area contributed by atoms with Gasteiger partial charge in [-0.25, -0.2) is 4.39 Å². The summed E-state index contributed by atoms with van der Waals surface area (Å²) in [7, 11) is 0. The molecule has 0 radical (unpaired) electrons. The van der Waals surface area contributed by atoms with Crippen LogP contribution >= 0.6 is 0 Å². The molecule has 0 unspecified atom stereocenters. The van der Waals surface area contributed by atoms with E-state index in [1.165, 1.54) is 12.1 Å². The summed E-state index contributed by atoms with van der Waals surface area (Å²) in [5.41, 5.74) is -2.07. The lowest BCUT2D eigenvalue weighted by Crippen LogP contribution is -2.36. The van der Waals surface area contributed by atoms with Crippen LogP contribution in [0.15, 0.2) is 23.8 Å². The molecule has 1 aromatic rings. The molecule has 86 valence electrons. The van der Waals surface area contributed by atoms with Crippen LogP contribution in [-0.4, -0.2) is 6.98 Å². The van der Waals surface area contributed by atoms with Crippen molar-refractivity contribution in [2.24, 2.45) is 0 Å². The number of nitriles is 2. The Kier molecular flexibility index (Phi) is 3.54. The van der Waals surface area contributed by atoms with Gasteiger partial charge < -0.3 is 12.9 Å². The molecule has 1 rings (SSSR count). The van der Waals surface area contributed by atoms with Crippen molar-refractivity contribution in [2.75, 3.05) is 0 Å². The smallest absolute Gasteiger partial charge is 0.445 e. The highest BCUT2D eigenvalue weighted by Gasteiger charge is 2.28. The van der Waals surface area contributed by atoms with E-state index in [0.717, 1.165) is 0 Å². The highest BCUT2D eigenvalue weighted by Crippen LogP contribution is 2.15. The molecular weight excluding hydrogens is 235 g/mol. The standard InChI is InChI=1S/C10H4BF4N2/c12-9-1-2-10(11(13,14)15)8(4-9)3-7(5-16)6-17/h1-4H/q-1. The Labute approximate surface area is 94.5 Å². The number of nitrogens with zero attached hydrogens (tertiary/aromatic N) is 2. The largest absolute Gasteiger partial charge is 0.510 e. The molecule has 0 aliphatic heterocycles. The Hall–Kier alpha value is -2.28. The zero-order chi connectivity index (χ0) is 13.1. The van der Waals surface area contributed by atoms with E-state index in [2.05, 4.69) is 0 Å². The number of rotatable bonds is 2. The lowest BCUT2D eigenvalue weighted by Gasteiger charge is -2.17. The molecule has 0 fully saturated rings. The molecule has 1 aromatic carbocycles. The highest BCUT2D eigenvalue weighted by molar-refractivity contribution is 6.74. The van der Waals surface area contributed by atoms with Gasteiger partial charge in [0, 0.05) is 0 Å². The lowest BCUT2D eigenvalue weighted by atomic mass is 9.76. The predicted octanol–water partition coefficient (Wildman–Crippen LogP) is 2.31. The summed E-state index contributed by atoms with van der Waals surface area (Å²) in [6.07, 6.45) is 0.716. The molecule has 0 aromatic heterocycles. The molecule has 0 aliphatic carbocycles. The topological polar surface area (TPSA) is 47.6 Å². The Morgan fingerprint density at radius 1 is 1.18 bits per heavy atom. The average molecular weight is 239 g/mol. The third-order valence-corrected chi connectivity index (χ3v) is 1.94. The minimum Gasteiger partial charge on any atom is -0.445 e. The highest BCUT2D eigenvalue weighted by atomic mass is 19.4. The summed E-state index contributed by atoms with van der Waals surface area (Å²) in [6, 6.07) is 4.74. The molecule has 0 atom stereocenters. The zero-order valence-corrected chi connectivity index (χ0v) is 8.29. The monoisotopic (exact) mass is 239 g/mol. The Morgan fingerprint density at radius 3 is 2.24 bits per heavy atom. The van der Waals surface area contributed by atoms with Crippen molar-refractivity contribution >= 4 is 18.5 Å². The molecule has 0 bridgehead atoms. The molecule has 0 N–H and O–H groups in total. The number of allylic oxidation sites excluding steroid dienone is 1. The van der Waals surface area contributed by atoms with Crippen LogP contribution in [0.3, 0.4) is 0 Å². The number of benzene rings is 1. The molecule has 0 spiro atoms. The fraction of sp³-hybridized carbons (Fsp3) is 0. The van der Waals surface area contributed by atoms with Crippen molar-refractivity contribution < 1.29 is 17.3 Å². The van der Waals surface area contributed by atoms with E-state index in [1.54, 1.807) is 0 Å². The molecule has 17 heavy (non-hydrogen) atoms. The summed E-state index contributed by atoms with van der Waals surface area (Å²) < 4.78 is 50.6. The lowest BCUT2D eigenvalue weighted by molar-refractivity contribution is 0.500. The predicted molar refractivity (Wildman–Crippen MR) is 54.3 cm³/mol. The molecule has 0 saturated carbocycles. The maximum absolute atomic E-state index is 12.8. The molecule has 7 heteroatoms. The van der Waals surface area contributed by atoms with Crippen LogP contribution in [0.5, 0.6) is 0 Å². The van der Waals surface area contributed by atoms with Gasteiger partial charge in [0.15, 0.2) is 0 Å². The quantitative estimate of drug-likeness (QED) is 0.451. The number of halogens is 4. The van der Waals surface area contributed by atoms with E-state index in [1.807, 2.05) is 0 Å².